The minimum Gasteiger partial charge on any atom is -0.543 e. The Balaban J connectivity index is 3.41. The zero-order chi connectivity index (χ0) is 17.1. The van der Waals surface area contributed by atoms with Crippen LogP contribution in [-0.4, -0.2) is 19.7 Å². The minimum atomic E-state index is -2.07. The molecule has 0 aliphatic rings. The van der Waals surface area contributed by atoms with Gasteiger partial charge in [-0.3, -0.25) is 4.79 Å². The maximum atomic E-state index is 11.1. The summed E-state index contributed by atoms with van der Waals surface area (Å²) in [7, 11) is -2.07. The third-order valence-corrected chi connectivity index (χ3v) is 8.18. The monoisotopic (exact) mass is 316 g/mol. The molecule has 0 atom stereocenters. The summed E-state index contributed by atoms with van der Waals surface area (Å²) in [6, 6.07) is 3.04. The Morgan fingerprint density at radius 2 is 1.95 bits per heavy atom. The van der Waals surface area contributed by atoms with E-state index in [9.17, 15) is 9.90 Å². The number of rotatable bonds is 3. The molecule has 22 heavy (non-hydrogen) atoms. The standard InChI is InChI=1S/C18H24O3Si/c1-13(2)8-9-14-10-16(20)15(12-19)11-17(14)21-22(6,7)18(3,4)5/h10-12,20H,1H2,2-7H3. The third-order valence-electron chi connectivity index (χ3n) is 3.84. The highest BCUT2D eigenvalue weighted by Gasteiger charge is 2.39. The van der Waals surface area contributed by atoms with Crippen molar-refractivity contribution in [2.24, 2.45) is 0 Å². The summed E-state index contributed by atoms with van der Waals surface area (Å²) in [6.07, 6.45) is 0.615. The number of carbonyl (C=O) groups excluding carboxylic acids is 1. The van der Waals surface area contributed by atoms with Gasteiger partial charge in [0.1, 0.15) is 11.5 Å². The first kappa shape index (κ1) is 18.1. The molecule has 0 fully saturated rings. The molecule has 3 nitrogen and oxygen atoms in total. The molecule has 0 saturated heterocycles. The van der Waals surface area contributed by atoms with Crippen LogP contribution in [0.3, 0.4) is 0 Å². The molecule has 0 saturated carbocycles. The van der Waals surface area contributed by atoms with Gasteiger partial charge in [-0.1, -0.05) is 39.2 Å². The average molecular weight is 316 g/mol. The molecule has 0 aromatic heterocycles. The highest BCUT2D eigenvalue weighted by Crippen LogP contribution is 2.39. The van der Waals surface area contributed by atoms with E-state index in [0.717, 1.165) is 5.57 Å². The fourth-order valence-electron chi connectivity index (χ4n) is 1.46. The van der Waals surface area contributed by atoms with E-state index < -0.39 is 8.32 Å². The molecule has 1 rings (SSSR count). The predicted molar refractivity (Wildman–Crippen MR) is 93.0 cm³/mol. The largest absolute Gasteiger partial charge is 0.543 e. The molecule has 1 aromatic carbocycles. The van der Waals surface area contributed by atoms with Gasteiger partial charge in [0.2, 0.25) is 0 Å². The lowest BCUT2D eigenvalue weighted by atomic mass is 10.1. The lowest BCUT2D eigenvalue weighted by Crippen LogP contribution is -2.44. The number of hydrogen-bond donors (Lipinski definition) is 1. The van der Waals surface area contributed by atoms with Gasteiger partial charge in [-0.25, -0.2) is 0 Å². The van der Waals surface area contributed by atoms with Gasteiger partial charge in [0, 0.05) is 0 Å². The topological polar surface area (TPSA) is 46.5 Å². The van der Waals surface area contributed by atoms with Crippen LogP contribution in [-0.2, 0) is 0 Å². The fraction of sp³-hybridized carbons (Fsp3) is 0.389. The first-order valence-corrected chi connectivity index (χ1v) is 10.1. The van der Waals surface area contributed by atoms with Crippen molar-refractivity contribution < 1.29 is 14.3 Å². The van der Waals surface area contributed by atoms with Gasteiger partial charge in [-0.15, -0.1) is 0 Å². The fourth-order valence-corrected chi connectivity index (χ4v) is 2.49. The van der Waals surface area contributed by atoms with E-state index in [0.29, 0.717) is 17.6 Å². The van der Waals surface area contributed by atoms with Crippen molar-refractivity contribution in [2.45, 2.75) is 45.8 Å². The number of benzene rings is 1. The van der Waals surface area contributed by atoms with Gasteiger partial charge >= 0.3 is 0 Å². The van der Waals surface area contributed by atoms with Crippen LogP contribution in [0.25, 0.3) is 0 Å². The lowest BCUT2D eigenvalue weighted by molar-refractivity contribution is 0.112. The molecule has 0 radical (unpaired) electrons. The van der Waals surface area contributed by atoms with Gasteiger partial charge < -0.3 is 9.53 Å². The lowest BCUT2D eigenvalue weighted by Gasteiger charge is -2.36. The first-order chi connectivity index (χ1) is 9.98. The van der Waals surface area contributed by atoms with Gasteiger partial charge in [0.15, 0.2) is 6.29 Å². The van der Waals surface area contributed by atoms with Crippen LogP contribution in [0.15, 0.2) is 24.3 Å². The Labute approximate surface area is 134 Å². The molecule has 1 N–H and O–H groups in total. The molecule has 0 bridgehead atoms. The van der Waals surface area contributed by atoms with Crippen LogP contribution in [0, 0.1) is 11.8 Å². The van der Waals surface area contributed by atoms with Crippen molar-refractivity contribution in [3.05, 3.63) is 35.4 Å². The highest BCUT2D eigenvalue weighted by atomic mass is 28.4. The highest BCUT2D eigenvalue weighted by molar-refractivity contribution is 6.74. The van der Waals surface area contributed by atoms with Crippen molar-refractivity contribution in [3.63, 3.8) is 0 Å². The van der Waals surface area contributed by atoms with Crippen LogP contribution >= 0.6 is 0 Å². The Kier molecular flexibility index (Phi) is 5.26. The van der Waals surface area contributed by atoms with Crippen LogP contribution in [0.1, 0.15) is 43.6 Å². The van der Waals surface area contributed by atoms with Crippen LogP contribution < -0.4 is 4.43 Å². The maximum absolute atomic E-state index is 11.1. The molecule has 0 heterocycles. The van der Waals surface area contributed by atoms with Crippen molar-refractivity contribution in [1.82, 2.24) is 0 Å². The summed E-state index contributed by atoms with van der Waals surface area (Å²) < 4.78 is 6.26. The van der Waals surface area contributed by atoms with Gasteiger partial charge in [-0.05, 0) is 42.8 Å². The predicted octanol–water partition coefficient (Wildman–Crippen LogP) is 4.52. The minimum absolute atomic E-state index is 0.0191. The second-order valence-electron chi connectivity index (χ2n) is 6.92. The number of aromatic hydroxyl groups is 1. The first-order valence-electron chi connectivity index (χ1n) is 7.16. The van der Waals surface area contributed by atoms with Crippen molar-refractivity contribution >= 4 is 14.6 Å². The van der Waals surface area contributed by atoms with E-state index in [1.54, 1.807) is 13.0 Å². The quantitative estimate of drug-likeness (QED) is 0.507. The third kappa shape index (κ3) is 4.25. The molecule has 0 aliphatic carbocycles. The maximum Gasteiger partial charge on any atom is 0.250 e. The number of aldehydes is 1. The van der Waals surface area contributed by atoms with Crippen LogP contribution in [0.4, 0.5) is 0 Å². The molecule has 118 valence electrons. The number of allylic oxidation sites excluding steroid dienone is 1. The molecule has 0 spiro atoms. The second kappa shape index (κ2) is 6.41. The molecule has 4 heteroatoms. The number of phenols is 1. The van der Waals surface area contributed by atoms with Crippen molar-refractivity contribution in [3.8, 4) is 23.3 Å². The molecule has 1 aromatic rings. The number of phenolic OH excluding ortho intramolecular Hbond substituents is 1. The van der Waals surface area contributed by atoms with E-state index in [1.165, 1.54) is 6.07 Å². The van der Waals surface area contributed by atoms with Crippen LogP contribution in [0.2, 0.25) is 18.1 Å². The SMILES string of the molecule is C=C(C)C#Cc1cc(O)c(C=O)cc1O[Si](C)(C)C(C)(C)C. The second-order valence-corrected chi connectivity index (χ2v) is 11.6. The van der Waals surface area contributed by atoms with Crippen LogP contribution in [0.5, 0.6) is 11.5 Å². The Bertz CT molecular complexity index is 655. The molecule has 0 unspecified atom stereocenters. The number of hydrogen-bond acceptors (Lipinski definition) is 3. The summed E-state index contributed by atoms with van der Waals surface area (Å²) in [5.74, 6) is 6.28. The van der Waals surface area contributed by atoms with E-state index in [-0.39, 0.29) is 16.4 Å². The summed E-state index contributed by atoms with van der Waals surface area (Å²) in [6.45, 7) is 16.2. The molecule has 0 amide bonds. The van der Waals surface area contributed by atoms with E-state index in [4.69, 9.17) is 4.43 Å². The van der Waals surface area contributed by atoms with E-state index >= 15 is 0 Å². The van der Waals surface area contributed by atoms with Crippen molar-refractivity contribution in [2.75, 3.05) is 0 Å². The van der Waals surface area contributed by atoms with Gasteiger partial charge in [0.25, 0.3) is 8.32 Å². The zero-order valence-electron chi connectivity index (χ0n) is 14.2. The number of carbonyl (C=O) groups is 1. The molecule has 0 aliphatic heterocycles. The Morgan fingerprint density at radius 3 is 2.41 bits per heavy atom. The Hall–Kier alpha value is -1.99. The van der Waals surface area contributed by atoms with Gasteiger partial charge in [-0.2, -0.15) is 0 Å². The summed E-state index contributed by atoms with van der Waals surface area (Å²) in [5, 5.41) is 9.89. The Morgan fingerprint density at radius 1 is 1.36 bits per heavy atom. The van der Waals surface area contributed by atoms with E-state index in [1.807, 2.05) is 0 Å². The molecular weight excluding hydrogens is 292 g/mol. The zero-order valence-corrected chi connectivity index (χ0v) is 15.2. The molecular formula is C18H24O3Si. The average Bonchev–Trinajstić information content (AvgIpc) is 2.36. The normalized spacial score (nSPS) is 11.4. The van der Waals surface area contributed by atoms with E-state index in [2.05, 4.69) is 52.3 Å². The summed E-state index contributed by atoms with van der Waals surface area (Å²) in [4.78, 5) is 11.1. The van der Waals surface area contributed by atoms with Gasteiger partial charge in [0.05, 0.1) is 11.1 Å². The summed E-state index contributed by atoms with van der Waals surface area (Å²) >= 11 is 0. The van der Waals surface area contributed by atoms with Crippen molar-refractivity contribution in [1.29, 1.82) is 0 Å². The summed E-state index contributed by atoms with van der Waals surface area (Å²) in [5.41, 5.74) is 1.49. The smallest absolute Gasteiger partial charge is 0.250 e.